The number of ether oxygens (including phenoxy) is 4. The van der Waals surface area contributed by atoms with Crippen molar-refractivity contribution in [1.82, 2.24) is 5.32 Å². The molecule has 0 saturated heterocycles. The molecule has 7 nitrogen and oxygen atoms in total. The average Bonchev–Trinajstić information content (AvgIpc) is 3.50. The lowest BCUT2D eigenvalue weighted by Gasteiger charge is -2.36. The number of methoxy groups -OCH3 is 3. The Kier molecular flexibility index (Phi) is 7.74. The molecule has 1 aliphatic carbocycles. The van der Waals surface area contributed by atoms with Gasteiger partial charge in [-0.15, -0.1) is 11.3 Å². The van der Waals surface area contributed by atoms with E-state index in [1.807, 2.05) is 48.7 Å². The van der Waals surface area contributed by atoms with E-state index in [-0.39, 0.29) is 18.3 Å². The Morgan fingerprint density at radius 1 is 0.974 bits per heavy atom. The summed E-state index contributed by atoms with van der Waals surface area (Å²) in [7, 11) is 4.63. The number of hydrogen-bond acceptors (Lipinski definition) is 8. The standard InChI is InChI=1S/C31H31NO6S/c1-18-27(31(34)38-17-19-9-6-5-7-10-19)28(21-15-24(35-2)30(37-4)25(16-21)36-3)29-22(32-18)13-20(14-23(29)33)26-11-8-12-39-26/h5-12,15-16,20,28,32H,13-14,17H2,1-4H3/t20-,28-/m1/s1. The van der Waals surface area contributed by atoms with Crippen LogP contribution in [-0.4, -0.2) is 33.1 Å². The predicted octanol–water partition coefficient (Wildman–Crippen LogP) is 5.88. The summed E-state index contributed by atoms with van der Waals surface area (Å²) in [6.45, 7) is 1.98. The number of carbonyl (C=O) groups is 2. The van der Waals surface area contributed by atoms with Crippen LogP contribution < -0.4 is 19.5 Å². The molecule has 2 aromatic carbocycles. The number of carbonyl (C=O) groups excluding carboxylic acids is 2. The number of thiophene rings is 1. The molecule has 8 heteroatoms. The summed E-state index contributed by atoms with van der Waals surface area (Å²) in [4.78, 5) is 28.7. The predicted molar refractivity (Wildman–Crippen MR) is 149 cm³/mol. The monoisotopic (exact) mass is 545 g/mol. The largest absolute Gasteiger partial charge is 0.493 e. The van der Waals surface area contributed by atoms with Gasteiger partial charge in [0.05, 0.1) is 26.9 Å². The highest BCUT2D eigenvalue weighted by molar-refractivity contribution is 7.10. The molecule has 0 fully saturated rings. The molecule has 1 aliphatic heterocycles. The molecule has 5 rings (SSSR count). The van der Waals surface area contributed by atoms with Gasteiger partial charge in [0.15, 0.2) is 17.3 Å². The van der Waals surface area contributed by atoms with Gasteiger partial charge in [-0.05, 0) is 48.1 Å². The number of esters is 1. The minimum absolute atomic E-state index is 0.00163. The first-order valence-electron chi connectivity index (χ1n) is 12.7. The van der Waals surface area contributed by atoms with Crippen molar-refractivity contribution in [3.05, 3.63) is 98.5 Å². The van der Waals surface area contributed by atoms with Crippen molar-refractivity contribution in [2.75, 3.05) is 21.3 Å². The maximum atomic E-state index is 13.8. The maximum Gasteiger partial charge on any atom is 0.337 e. The highest BCUT2D eigenvalue weighted by Gasteiger charge is 2.42. The van der Waals surface area contributed by atoms with E-state index in [1.54, 1.807) is 37.7 Å². The number of Topliss-reactive ketones (excluding diaryl/α,β-unsaturated/α-hetero) is 1. The topological polar surface area (TPSA) is 83.1 Å². The van der Waals surface area contributed by atoms with Crippen LogP contribution in [-0.2, 0) is 20.9 Å². The zero-order valence-electron chi connectivity index (χ0n) is 22.4. The molecule has 2 heterocycles. The molecule has 0 radical (unpaired) electrons. The molecule has 0 spiro atoms. The third kappa shape index (κ3) is 5.16. The number of hydrogen-bond donors (Lipinski definition) is 1. The highest BCUT2D eigenvalue weighted by Crippen LogP contribution is 2.49. The van der Waals surface area contributed by atoms with E-state index >= 15 is 0 Å². The van der Waals surface area contributed by atoms with Crippen LogP contribution in [0, 0.1) is 0 Å². The molecule has 0 amide bonds. The first-order chi connectivity index (χ1) is 18.9. The Labute approximate surface area is 232 Å². The summed E-state index contributed by atoms with van der Waals surface area (Å²) in [5, 5.41) is 5.43. The van der Waals surface area contributed by atoms with Crippen LogP contribution in [0.25, 0.3) is 0 Å². The van der Waals surface area contributed by atoms with E-state index < -0.39 is 11.9 Å². The average molecular weight is 546 g/mol. The van der Waals surface area contributed by atoms with Gasteiger partial charge in [-0.2, -0.15) is 0 Å². The molecule has 1 N–H and O–H groups in total. The molecule has 1 aromatic heterocycles. The molecule has 0 unspecified atom stereocenters. The Morgan fingerprint density at radius 3 is 2.31 bits per heavy atom. The number of nitrogens with one attached hydrogen (secondary N) is 1. The quantitative estimate of drug-likeness (QED) is 0.354. The summed E-state index contributed by atoms with van der Waals surface area (Å²) < 4.78 is 22.5. The SMILES string of the molecule is COc1cc([C@@H]2C(C(=O)OCc3ccccc3)=C(C)NC3=C2C(=O)C[C@H](c2cccs2)C3)cc(OC)c1OC. The molecule has 2 atom stereocenters. The zero-order valence-corrected chi connectivity index (χ0v) is 23.2. The van der Waals surface area contributed by atoms with Gasteiger partial charge in [0, 0.05) is 40.1 Å². The molecule has 39 heavy (non-hydrogen) atoms. The van der Waals surface area contributed by atoms with Gasteiger partial charge in [0.1, 0.15) is 6.61 Å². The lowest BCUT2D eigenvalue weighted by Crippen LogP contribution is -2.36. The van der Waals surface area contributed by atoms with E-state index in [1.165, 1.54) is 12.0 Å². The number of benzene rings is 2. The number of ketones is 1. The third-order valence-corrected chi connectivity index (χ3v) is 8.26. The highest BCUT2D eigenvalue weighted by atomic mass is 32.1. The fraction of sp³-hybridized carbons (Fsp3) is 0.290. The van der Waals surface area contributed by atoms with Crippen LogP contribution >= 0.6 is 11.3 Å². The van der Waals surface area contributed by atoms with E-state index in [0.717, 1.165) is 11.3 Å². The molecule has 3 aromatic rings. The summed E-state index contributed by atoms with van der Waals surface area (Å²) in [6.07, 6.45) is 1.04. The number of allylic oxidation sites excluding steroid dienone is 3. The fourth-order valence-corrected chi connectivity index (χ4v) is 6.27. The summed E-state index contributed by atoms with van der Waals surface area (Å²) in [6, 6.07) is 17.2. The minimum atomic E-state index is -0.657. The summed E-state index contributed by atoms with van der Waals surface area (Å²) in [5.41, 5.74) is 4.03. The van der Waals surface area contributed by atoms with Gasteiger partial charge in [-0.3, -0.25) is 4.79 Å². The second-order valence-electron chi connectivity index (χ2n) is 9.55. The van der Waals surface area contributed by atoms with Gasteiger partial charge in [0.2, 0.25) is 5.75 Å². The van der Waals surface area contributed by atoms with Crippen LogP contribution in [0.3, 0.4) is 0 Å². The van der Waals surface area contributed by atoms with E-state index in [0.29, 0.717) is 52.5 Å². The van der Waals surface area contributed by atoms with Crippen molar-refractivity contribution in [3.8, 4) is 17.2 Å². The van der Waals surface area contributed by atoms with Gasteiger partial charge in [-0.25, -0.2) is 4.79 Å². The fourth-order valence-electron chi connectivity index (χ4n) is 5.44. The molecule has 0 bridgehead atoms. The van der Waals surface area contributed by atoms with Crippen LogP contribution in [0.15, 0.2) is 82.5 Å². The zero-order chi connectivity index (χ0) is 27.5. The van der Waals surface area contributed by atoms with Gasteiger partial charge < -0.3 is 24.3 Å². The normalized spacial score (nSPS) is 18.8. The second-order valence-corrected chi connectivity index (χ2v) is 10.5. The van der Waals surface area contributed by atoms with Crippen LogP contribution in [0.2, 0.25) is 0 Å². The third-order valence-electron chi connectivity index (χ3n) is 7.23. The summed E-state index contributed by atoms with van der Waals surface area (Å²) >= 11 is 1.66. The smallest absolute Gasteiger partial charge is 0.337 e. The first kappa shape index (κ1) is 26.6. The summed E-state index contributed by atoms with van der Waals surface area (Å²) in [5.74, 6) is 0.278. The first-order valence-corrected chi connectivity index (χ1v) is 13.6. The van der Waals surface area contributed by atoms with Gasteiger partial charge >= 0.3 is 5.97 Å². The van der Waals surface area contributed by atoms with Gasteiger partial charge in [-0.1, -0.05) is 36.4 Å². The van der Waals surface area contributed by atoms with Crippen LogP contribution in [0.5, 0.6) is 17.2 Å². The van der Waals surface area contributed by atoms with Crippen molar-refractivity contribution in [2.24, 2.45) is 0 Å². The van der Waals surface area contributed by atoms with Crippen molar-refractivity contribution < 1.29 is 28.5 Å². The molecular weight excluding hydrogens is 514 g/mol. The van der Waals surface area contributed by atoms with Crippen molar-refractivity contribution in [3.63, 3.8) is 0 Å². The van der Waals surface area contributed by atoms with Crippen molar-refractivity contribution in [2.45, 2.75) is 38.2 Å². The molecule has 2 aliphatic rings. The lowest BCUT2D eigenvalue weighted by molar-refractivity contribution is -0.140. The maximum absolute atomic E-state index is 13.8. The van der Waals surface area contributed by atoms with E-state index in [9.17, 15) is 9.59 Å². The molecular formula is C31H31NO6S. The lowest BCUT2D eigenvalue weighted by atomic mass is 9.72. The van der Waals surface area contributed by atoms with Crippen LogP contribution in [0.4, 0.5) is 0 Å². The van der Waals surface area contributed by atoms with E-state index in [2.05, 4.69) is 11.4 Å². The Balaban J connectivity index is 1.60. The Hall–Kier alpha value is -4.04. The molecule has 0 saturated carbocycles. The minimum Gasteiger partial charge on any atom is -0.493 e. The number of dihydropyridines is 1. The van der Waals surface area contributed by atoms with Crippen molar-refractivity contribution in [1.29, 1.82) is 0 Å². The van der Waals surface area contributed by atoms with Crippen molar-refractivity contribution >= 4 is 23.1 Å². The van der Waals surface area contributed by atoms with Gasteiger partial charge in [0.25, 0.3) is 0 Å². The van der Waals surface area contributed by atoms with E-state index in [4.69, 9.17) is 18.9 Å². The Morgan fingerprint density at radius 2 is 1.69 bits per heavy atom. The van der Waals surface area contributed by atoms with Crippen LogP contribution in [0.1, 0.15) is 47.6 Å². The number of rotatable bonds is 8. The Bertz CT molecular complexity index is 1420. The second kappa shape index (κ2) is 11.4. The molecule has 202 valence electrons.